The number of aromatic nitrogens is 2. The lowest BCUT2D eigenvalue weighted by atomic mass is 10.0. The Morgan fingerprint density at radius 1 is 1.32 bits per heavy atom. The van der Waals surface area contributed by atoms with E-state index in [2.05, 4.69) is 25.8 Å². The highest BCUT2D eigenvalue weighted by molar-refractivity contribution is 5.29. The number of nitriles is 1. The summed E-state index contributed by atoms with van der Waals surface area (Å²) in [5, 5.41) is 8.90. The molecule has 0 aromatic carbocycles. The SMILES string of the molecule is CC(N)(C#N)CCN1CCN(c2ncccn2)CC1. The van der Waals surface area contributed by atoms with Crippen molar-refractivity contribution in [2.24, 2.45) is 5.73 Å². The lowest BCUT2D eigenvalue weighted by Crippen LogP contribution is -2.49. The van der Waals surface area contributed by atoms with E-state index < -0.39 is 5.54 Å². The molecule has 0 bridgehead atoms. The zero-order chi connectivity index (χ0) is 13.7. The van der Waals surface area contributed by atoms with Crippen molar-refractivity contribution in [2.75, 3.05) is 37.6 Å². The first kappa shape index (κ1) is 13.7. The molecule has 1 aliphatic rings. The molecule has 2 heterocycles. The fourth-order valence-electron chi connectivity index (χ4n) is 2.07. The molecule has 1 unspecified atom stereocenters. The Bertz CT molecular complexity index is 430. The van der Waals surface area contributed by atoms with Crippen LogP contribution in [0.4, 0.5) is 5.95 Å². The summed E-state index contributed by atoms with van der Waals surface area (Å²) in [5.41, 5.74) is 5.11. The van der Waals surface area contributed by atoms with Crippen LogP contribution in [0.5, 0.6) is 0 Å². The Kier molecular flexibility index (Phi) is 4.30. The number of rotatable bonds is 4. The highest BCUT2D eigenvalue weighted by Crippen LogP contribution is 2.11. The third-order valence-electron chi connectivity index (χ3n) is 3.41. The smallest absolute Gasteiger partial charge is 0.225 e. The average Bonchev–Trinajstić information content (AvgIpc) is 2.47. The molecule has 102 valence electrons. The van der Waals surface area contributed by atoms with Gasteiger partial charge in [0.25, 0.3) is 0 Å². The normalized spacial score (nSPS) is 19.7. The number of hydrogen-bond acceptors (Lipinski definition) is 6. The second kappa shape index (κ2) is 5.95. The molecule has 0 amide bonds. The molecule has 0 spiro atoms. The minimum atomic E-state index is -0.723. The predicted octanol–water partition coefficient (Wildman–Crippen LogP) is 0.230. The van der Waals surface area contributed by atoms with Gasteiger partial charge in [-0.15, -0.1) is 0 Å². The van der Waals surface area contributed by atoms with Crippen LogP contribution >= 0.6 is 0 Å². The summed E-state index contributed by atoms with van der Waals surface area (Å²) in [5.74, 6) is 0.794. The van der Waals surface area contributed by atoms with Crippen molar-refractivity contribution in [2.45, 2.75) is 18.9 Å². The van der Waals surface area contributed by atoms with Crippen LogP contribution in [-0.2, 0) is 0 Å². The van der Waals surface area contributed by atoms with Crippen molar-refractivity contribution >= 4 is 5.95 Å². The predicted molar refractivity (Wildman–Crippen MR) is 73.5 cm³/mol. The molecular formula is C13H20N6. The first-order valence-corrected chi connectivity index (χ1v) is 6.55. The van der Waals surface area contributed by atoms with Crippen molar-refractivity contribution in [3.63, 3.8) is 0 Å². The molecule has 1 atom stereocenters. The van der Waals surface area contributed by atoms with Gasteiger partial charge < -0.3 is 10.6 Å². The zero-order valence-electron chi connectivity index (χ0n) is 11.3. The topological polar surface area (TPSA) is 82.1 Å². The Hall–Kier alpha value is -1.71. The van der Waals surface area contributed by atoms with Gasteiger partial charge in [0.2, 0.25) is 5.95 Å². The Labute approximate surface area is 113 Å². The summed E-state index contributed by atoms with van der Waals surface area (Å²) in [4.78, 5) is 13.0. The Morgan fingerprint density at radius 3 is 2.53 bits per heavy atom. The maximum atomic E-state index is 8.90. The summed E-state index contributed by atoms with van der Waals surface area (Å²) in [6.07, 6.45) is 4.23. The van der Waals surface area contributed by atoms with Gasteiger partial charge in [-0.3, -0.25) is 4.90 Å². The highest BCUT2D eigenvalue weighted by Gasteiger charge is 2.22. The van der Waals surface area contributed by atoms with E-state index in [0.29, 0.717) is 6.42 Å². The van der Waals surface area contributed by atoms with Gasteiger partial charge in [0.1, 0.15) is 5.54 Å². The molecule has 1 aliphatic heterocycles. The van der Waals surface area contributed by atoms with E-state index in [1.807, 2.05) is 6.07 Å². The lowest BCUT2D eigenvalue weighted by molar-refractivity contribution is 0.241. The van der Waals surface area contributed by atoms with E-state index in [1.165, 1.54) is 0 Å². The van der Waals surface area contributed by atoms with Crippen LogP contribution in [-0.4, -0.2) is 53.1 Å². The number of anilines is 1. The van der Waals surface area contributed by atoms with E-state index in [9.17, 15) is 0 Å². The molecule has 0 radical (unpaired) electrons. The van der Waals surface area contributed by atoms with Crippen LogP contribution in [0, 0.1) is 11.3 Å². The first-order chi connectivity index (χ1) is 9.11. The summed E-state index contributed by atoms with van der Waals surface area (Å²) < 4.78 is 0. The molecule has 2 rings (SSSR count). The summed E-state index contributed by atoms with van der Waals surface area (Å²) in [6, 6.07) is 3.96. The quantitative estimate of drug-likeness (QED) is 0.834. The molecule has 2 N–H and O–H groups in total. The van der Waals surface area contributed by atoms with Crippen LogP contribution < -0.4 is 10.6 Å². The van der Waals surface area contributed by atoms with Crippen molar-refractivity contribution in [3.8, 4) is 6.07 Å². The van der Waals surface area contributed by atoms with Gasteiger partial charge in [-0.2, -0.15) is 5.26 Å². The molecule has 0 saturated carbocycles. The Morgan fingerprint density at radius 2 is 1.95 bits per heavy atom. The van der Waals surface area contributed by atoms with Gasteiger partial charge in [-0.25, -0.2) is 9.97 Å². The minimum Gasteiger partial charge on any atom is -0.338 e. The molecule has 1 fully saturated rings. The van der Waals surface area contributed by atoms with Crippen LogP contribution in [0.1, 0.15) is 13.3 Å². The van der Waals surface area contributed by atoms with Crippen LogP contribution in [0.25, 0.3) is 0 Å². The number of nitrogens with two attached hydrogens (primary N) is 1. The lowest BCUT2D eigenvalue weighted by Gasteiger charge is -2.35. The van der Waals surface area contributed by atoms with Gasteiger partial charge >= 0.3 is 0 Å². The van der Waals surface area contributed by atoms with Gasteiger partial charge in [0.05, 0.1) is 6.07 Å². The van der Waals surface area contributed by atoms with Crippen molar-refractivity contribution in [1.82, 2.24) is 14.9 Å². The summed E-state index contributed by atoms with van der Waals surface area (Å²) in [6.45, 7) is 6.39. The fourth-order valence-corrected chi connectivity index (χ4v) is 2.07. The third-order valence-corrected chi connectivity index (χ3v) is 3.41. The molecule has 6 nitrogen and oxygen atoms in total. The fraction of sp³-hybridized carbons (Fsp3) is 0.615. The monoisotopic (exact) mass is 260 g/mol. The third kappa shape index (κ3) is 3.88. The van der Waals surface area contributed by atoms with E-state index in [-0.39, 0.29) is 0 Å². The van der Waals surface area contributed by atoms with E-state index in [0.717, 1.165) is 38.7 Å². The van der Waals surface area contributed by atoms with Crippen molar-refractivity contribution in [1.29, 1.82) is 5.26 Å². The molecule has 1 aromatic rings. The number of nitrogens with zero attached hydrogens (tertiary/aromatic N) is 5. The molecule has 6 heteroatoms. The van der Waals surface area contributed by atoms with Gasteiger partial charge in [0, 0.05) is 45.1 Å². The number of hydrogen-bond donors (Lipinski definition) is 1. The van der Waals surface area contributed by atoms with E-state index >= 15 is 0 Å². The average molecular weight is 260 g/mol. The standard InChI is InChI=1S/C13H20N6/c1-13(15,11-14)3-6-18-7-9-19(10-8-18)12-16-4-2-5-17-12/h2,4-5H,3,6-10,15H2,1H3. The largest absolute Gasteiger partial charge is 0.338 e. The molecule has 1 aromatic heterocycles. The van der Waals surface area contributed by atoms with Crippen molar-refractivity contribution < 1.29 is 0 Å². The second-order valence-electron chi connectivity index (χ2n) is 5.16. The van der Waals surface area contributed by atoms with Crippen LogP contribution in [0.15, 0.2) is 18.5 Å². The summed E-state index contributed by atoms with van der Waals surface area (Å²) >= 11 is 0. The number of piperazine rings is 1. The first-order valence-electron chi connectivity index (χ1n) is 6.55. The highest BCUT2D eigenvalue weighted by atomic mass is 15.3. The molecule has 1 saturated heterocycles. The van der Waals surface area contributed by atoms with Gasteiger partial charge in [-0.05, 0) is 19.4 Å². The van der Waals surface area contributed by atoms with Gasteiger partial charge in [-0.1, -0.05) is 0 Å². The maximum absolute atomic E-state index is 8.90. The van der Waals surface area contributed by atoms with Crippen LogP contribution in [0.2, 0.25) is 0 Å². The van der Waals surface area contributed by atoms with E-state index in [1.54, 1.807) is 19.3 Å². The zero-order valence-corrected chi connectivity index (χ0v) is 11.3. The van der Waals surface area contributed by atoms with E-state index in [4.69, 9.17) is 11.0 Å². The van der Waals surface area contributed by atoms with Gasteiger partial charge in [0.15, 0.2) is 0 Å². The molecular weight excluding hydrogens is 240 g/mol. The minimum absolute atomic E-state index is 0.700. The molecule has 19 heavy (non-hydrogen) atoms. The van der Waals surface area contributed by atoms with Crippen LogP contribution in [0.3, 0.4) is 0 Å². The molecule has 0 aliphatic carbocycles. The van der Waals surface area contributed by atoms with Crippen molar-refractivity contribution in [3.05, 3.63) is 18.5 Å². The second-order valence-corrected chi connectivity index (χ2v) is 5.16. The maximum Gasteiger partial charge on any atom is 0.225 e. The Balaban J connectivity index is 1.79. The summed E-state index contributed by atoms with van der Waals surface area (Å²) in [7, 11) is 0.